The number of carbonyl (C=O) groups is 1. The molecule has 0 saturated carbocycles. The van der Waals surface area contributed by atoms with Crippen molar-refractivity contribution >= 4 is 34.1 Å². The van der Waals surface area contributed by atoms with Crippen LogP contribution in [0.25, 0.3) is 0 Å². The van der Waals surface area contributed by atoms with Crippen LogP contribution in [0.5, 0.6) is 0 Å². The Bertz CT molecular complexity index is 564. The molecule has 0 atom stereocenters. The lowest BCUT2D eigenvalue weighted by Gasteiger charge is -2.02. The third-order valence-electron chi connectivity index (χ3n) is 2.51. The molecular formula is C13H15N3OS2. The van der Waals surface area contributed by atoms with E-state index in [9.17, 15) is 4.79 Å². The fraction of sp³-hybridized carbons (Fsp3) is 0.308. The quantitative estimate of drug-likeness (QED) is 0.874. The molecule has 4 nitrogen and oxygen atoms in total. The molecule has 1 aromatic heterocycles. The summed E-state index contributed by atoms with van der Waals surface area (Å²) < 4.78 is 0. The number of nitrogens with one attached hydrogen (secondary N) is 1. The number of rotatable bonds is 4. The number of benzene rings is 1. The van der Waals surface area contributed by atoms with Gasteiger partial charge in [-0.15, -0.1) is 22.0 Å². The number of anilines is 1. The fourth-order valence-electron chi connectivity index (χ4n) is 1.43. The van der Waals surface area contributed by atoms with Crippen LogP contribution < -0.4 is 5.32 Å². The Morgan fingerprint density at radius 3 is 2.47 bits per heavy atom. The number of hydrogen-bond acceptors (Lipinski definition) is 5. The normalized spacial score (nSPS) is 10.7. The molecule has 2 rings (SSSR count). The molecule has 19 heavy (non-hydrogen) atoms. The maximum Gasteiger partial charge on any atom is 0.257 e. The molecule has 1 aromatic carbocycles. The number of amides is 1. The van der Waals surface area contributed by atoms with Crippen molar-refractivity contribution in [2.45, 2.75) is 24.7 Å². The van der Waals surface area contributed by atoms with E-state index in [0.717, 1.165) is 9.90 Å². The first kappa shape index (κ1) is 14.0. The molecule has 0 fully saturated rings. The summed E-state index contributed by atoms with van der Waals surface area (Å²) in [5, 5.41) is 12.2. The van der Waals surface area contributed by atoms with Gasteiger partial charge in [-0.2, -0.15) is 0 Å². The summed E-state index contributed by atoms with van der Waals surface area (Å²) in [6.45, 7) is 4.10. The summed E-state index contributed by atoms with van der Waals surface area (Å²) in [5.41, 5.74) is 0.624. The lowest BCUT2D eigenvalue weighted by atomic mass is 10.2. The van der Waals surface area contributed by atoms with Crippen molar-refractivity contribution in [3.05, 3.63) is 34.8 Å². The van der Waals surface area contributed by atoms with E-state index in [-0.39, 0.29) is 5.91 Å². The molecule has 0 bridgehead atoms. The second-order valence-corrected chi connectivity index (χ2v) is 6.17. The van der Waals surface area contributed by atoms with E-state index in [1.54, 1.807) is 11.8 Å². The molecular weight excluding hydrogens is 278 g/mol. The third-order valence-corrected chi connectivity index (χ3v) is 4.39. The highest BCUT2D eigenvalue weighted by Gasteiger charge is 2.11. The fourth-order valence-corrected chi connectivity index (χ4v) is 2.58. The molecule has 0 unspecified atom stereocenters. The number of thioether (sulfide) groups is 1. The van der Waals surface area contributed by atoms with E-state index in [1.165, 1.54) is 11.3 Å². The van der Waals surface area contributed by atoms with Gasteiger partial charge in [0.2, 0.25) is 5.13 Å². The zero-order chi connectivity index (χ0) is 13.8. The topological polar surface area (TPSA) is 54.9 Å². The molecule has 6 heteroatoms. The summed E-state index contributed by atoms with van der Waals surface area (Å²) in [7, 11) is 0. The van der Waals surface area contributed by atoms with Gasteiger partial charge in [0.15, 0.2) is 0 Å². The van der Waals surface area contributed by atoms with E-state index in [1.807, 2.05) is 44.4 Å². The van der Waals surface area contributed by atoms with E-state index in [0.29, 0.717) is 16.6 Å². The monoisotopic (exact) mass is 293 g/mol. The zero-order valence-corrected chi connectivity index (χ0v) is 12.6. The van der Waals surface area contributed by atoms with Crippen molar-refractivity contribution in [3.8, 4) is 0 Å². The predicted molar refractivity (Wildman–Crippen MR) is 80.2 cm³/mol. The molecule has 0 spiro atoms. The van der Waals surface area contributed by atoms with Crippen molar-refractivity contribution < 1.29 is 4.79 Å². The van der Waals surface area contributed by atoms with E-state index < -0.39 is 0 Å². The minimum atomic E-state index is -0.154. The number of carbonyl (C=O) groups excluding carboxylic acids is 1. The van der Waals surface area contributed by atoms with Crippen molar-refractivity contribution in [2.24, 2.45) is 0 Å². The molecule has 1 amide bonds. The highest BCUT2D eigenvalue weighted by molar-refractivity contribution is 7.98. The maximum atomic E-state index is 12.0. The summed E-state index contributed by atoms with van der Waals surface area (Å²) in [4.78, 5) is 13.1. The van der Waals surface area contributed by atoms with Crippen LogP contribution in [-0.4, -0.2) is 22.4 Å². The van der Waals surface area contributed by atoms with Gasteiger partial charge in [0.25, 0.3) is 5.91 Å². The van der Waals surface area contributed by atoms with Gasteiger partial charge in [0, 0.05) is 16.4 Å². The minimum absolute atomic E-state index is 0.154. The van der Waals surface area contributed by atoms with E-state index >= 15 is 0 Å². The Hall–Kier alpha value is -1.40. The van der Waals surface area contributed by atoms with Crippen LogP contribution in [0.15, 0.2) is 29.2 Å². The molecule has 0 aliphatic carbocycles. The van der Waals surface area contributed by atoms with Crippen LogP contribution in [0.3, 0.4) is 0 Å². The van der Waals surface area contributed by atoms with Crippen molar-refractivity contribution in [1.29, 1.82) is 0 Å². The first-order valence-corrected chi connectivity index (χ1v) is 7.93. The van der Waals surface area contributed by atoms with Gasteiger partial charge >= 0.3 is 0 Å². The smallest absolute Gasteiger partial charge is 0.257 e. The molecule has 0 radical (unpaired) electrons. The lowest BCUT2D eigenvalue weighted by molar-refractivity contribution is 0.102. The zero-order valence-electron chi connectivity index (χ0n) is 11.0. The van der Waals surface area contributed by atoms with Gasteiger partial charge in [-0.25, -0.2) is 0 Å². The SMILES string of the molecule is CSc1ccc(C(=O)Nc2nnc(C(C)C)s2)cc1. The Balaban J connectivity index is 2.06. The molecule has 100 valence electrons. The van der Waals surface area contributed by atoms with Gasteiger partial charge in [-0.1, -0.05) is 25.2 Å². The average molecular weight is 293 g/mol. The molecule has 1 N–H and O–H groups in total. The third kappa shape index (κ3) is 3.54. The van der Waals surface area contributed by atoms with Crippen LogP contribution in [0.1, 0.15) is 35.1 Å². The highest BCUT2D eigenvalue weighted by atomic mass is 32.2. The van der Waals surface area contributed by atoms with E-state index in [2.05, 4.69) is 15.5 Å². The Morgan fingerprint density at radius 1 is 1.26 bits per heavy atom. The predicted octanol–water partition coefficient (Wildman–Crippen LogP) is 3.64. The van der Waals surface area contributed by atoms with Gasteiger partial charge in [0.05, 0.1) is 0 Å². The summed E-state index contributed by atoms with van der Waals surface area (Å²) >= 11 is 3.06. The highest BCUT2D eigenvalue weighted by Crippen LogP contribution is 2.23. The number of nitrogens with zero attached hydrogens (tertiary/aromatic N) is 2. The van der Waals surface area contributed by atoms with Crippen LogP contribution in [0.2, 0.25) is 0 Å². The van der Waals surface area contributed by atoms with Crippen molar-refractivity contribution in [1.82, 2.24) is 10.2 Å². The summed E-state index contributed by atoms with van der Waals surface area (Å²) in [6.07, 6.45) is 2.00. The Labute approximate surface area is 120 Å². The van der Waals surface area contributed by atoms with Crippen LogP contribution in [-0.2, 0) is 0 Å². The molecule has 0 aliphatic rings. The largest absolute Gasteiger partial charge is 0.296 e. The Kier molecular flexibility index (Phi) is 4.55. The first-order valence-electron chi connectivity index (χ1n) is 5.89. The van der Waals surface area contributed by atoms with Crippen molar-refractivity contribution in [2.75, 3.05) is 11.6 Å². The van der Waals surface area contributed by atoms with Crippen LogP contribution in [0.4, 0.5) is 5.13 Å². The second-order valence-electron chi connectivity index (χ2n) is 4.28. The van der Waals surface area contributed by atoms with Crippen LogP contribution in [0, 0.1) is 0 Å². The van der Waals surface area contributed by atoms with Gasteiger partial charge in [0.1, 0.15) is 5.01 Å². The summed E-state index contributed by atoms with van der Waals surface area (Å²) in [6, 6.07) is 7.48. The number of aromatic nitrogens is 2. The first-order chi connectivity index (χ1) is 9.10. The maximum absolute atomic E-state index is 12.0. The molecule has 0 aliphatic heterocycles. The minimum Gasteiger partial charge on any atom is -0.296 e. The second kappa shape index (κ2) is 6.16. The average Bonchev–Trinajstić information content (AvgIpc) is 2.87. The molecule has 1 heterocycles. The van der Waals surface area contributed by atoms with Gasteiger partial charge in [-0.3, -0.25) is 10.1 Å². The Morgan fingerprint density at radius 2 is 1.95 bits per heavy atom. The molecule has 2 aromatic rings. The lowest BCUT2D eigenvalue weighted by Crippen LogP contribution is -2.11. The summed E-state index contributed by atoms with van der Waals surface area (Å²) in [5.74, 6) is 0.170. The molecule has 0 saturated heterocycles. The number of hydrogen-bond donors (Lipinski definition) is 1. The van der Waals surface area contributed by atoms with Gasteiger partial charge < -0.3 is 0 Å². The standard InChI is InChI=1S/C13H15N3OS2/c1-8(2)12-15-16-13(19-12)14-11(17)9-4-6-10(18-3)7-5-9/h4-8H,1-3H3,(H,14,16,17). The van der Waals surface area contributed by atoms with Crippen molar-refractivity contribution in [3.63, 3.8) is 0 Å². The van der Waals surface area contributed by atoms with Gasteiger partial charge in [-0.05, 0) is 30.5 Å². The van der Waals surface area contributed by atoms with E-state index in [4.69, 9.17) is 0 Å². The van der Waals surface area contributed by atoms with Crippen LogP contribution >= 0.6 is 23.1 Å².